The van der Waals surface area contributed by atoms with Gasteiger partial charge >= 0.3 is 0 Å². The Morgan fingerprint density at radius 3 is 2.65 bits per heavy atom. The second-order valence-corrected chi connectivity index (χ2v) is 3.91. The minimum absolute atomic E-state index is 0.141. The summed E-state index contributed by atoms with van der Waals surface area (Å²) in [7, 11) is 1.82. The maximum absolute atomic E-state index is 13.4. The first-order valence-corrected chi connectivity index (χ1v) is 5.41. The molecule has 0 spiro atoms. The van der Waals surface area contributed by atoms with Crippen LogP contribution in [0.25, 0.3) is 0 Å². The maximum Gasteiger partial charge on any atom is 0.123 e. The Balaban J connectivity index is 2.42. The molecule has 0 bridgehead atoms. The fourth-order valence-corrected chi connectivity index (χ4v) is 1.88. The molecule has 1 aromatic heterocycles. The molecular weight excluding hydrogens is 217 g/mol. The van der Waals surface area contributed by atoms with Crippen molar-refractivity contribution in [3.63, 3.8) is 0 Å². The van der Waals surface area contributed by atoms with Crippen LogP contribution in [0.4, 0.5) is 4.39 Å². The number of aromatic nitrogens is 2. The molecule has 17 heavy (non-hydrogen) atoms. The fraction of sp³-hybridized carbons (Fsp3) is 0.231. The zero-order valence-corrected chi connectivity index (χ0v) is 9.81. The number of aryl methyl sites for hydroxylation is 1. The van der Waals surface area contributed by atoms with E-state index in [-0.39, 0.29) is 11.9 Å². The Morgan fingerprint density at radius 1 is 1.24 bits per heavy atom. The van der Waals surface area contributed by atoms with Gasteiger partial charge in [0.05, 0.1) is 17.9 Å². The van der Waals surface area contributed by atoms with Crippen LogP contribution >= 0.6 is 0 Å². The van der Waals surface area contributed by atoms with E-state index >= 15 is 0 Å². The van der Waals surface area contributed by atoms with Gasteiger partial charge in [-0.1, -0.05) is 6.07 Å². The van der Waals surface area contributed by atoms with E-state index in [4.69, 9.17) is 0 Å². The van der Waals surface area contributed by atoms with E-state index in [1.165, 1.54) is 12.1 Å². The molecule has 1 aromatic carbocycles. The first-order chi connectivity index (χ1) is 8.20. The van der Waals surface area contributed by atoms with Crippen LogP contribution in [-0.2, 0) is 0 Å². The fourth-order valence-electron chi connectivity index (χ4n) is 1.88. The lowest BCUT2D eigenvalue weighted by Crippen LogP contribution is -2.19. The minimum Gasteiger partial charge on any atom is -0.308 e. The number of rotatable bonds is 3. The highest BCUT2D eigenvalue weighted by atomic mass is 19.1. The topological polar surface area (TPSA) is 37.8 Å². The van der Waals surface area contributed by atoms with Gasteiger partial charge in [0.1, 0.15) is 5.82 Å². The highest BCUT2D eigenvalue weighted by Gasteiger charge is 2.14. The molecule has 0 aliphatic rings. The Morgan fingerprint density at radius 2 is 2.06 bits per heavy atom. The van der Waals surface area contributed by atoms with Crippen molar-refractivity contribution in [2.75, 3.05) is 7.05 Å². The van der Waals surface area contributed by atoms with Crippen LogP contribution in [0, 0.1) is 12.7 Å². The summed E-state index contributed by atoms with van der Waals surface area (Å²) in [6.07, 6.45) is 4.93. The third-order valence-corrected chi connectivity index (χ3v) is 2.57. The lowest BCUT2D eigenvalue weighted by Gasteiger charge is -2.16. The molecule has 4 heteroatoms. The van der Waals surface area contributed by atoms with Crippen LogP contribution in [0.5, 0.6) is 0 Å². The van der Waals surface area contributed by atoms with E-state index in [9.17, 15) is 4.39 Å². The second-order valence-electron chi connectivity index (χ2n) is 3.91. The van der Waals surface area contributed by atoms with Gasteiger partial charge in [-0.25, -0.2) is 4.39 Å². The van der Waals surface area contributed by atoms with Crippen LogP contribution < -0.4 is 5.32 Å². The van der Waals surface area contributed by atoms with E-state index < -0.39 is 0 Å². The van der Waals surface area contributed by atoms with E-state index in [1.54, 1.807) is 18.6 Å². The smallest absolute Gasteiger partial charge is 0.123 e. The highest BCUT2D eigenvalue weighted by molar-refractivity contribution is 5.30. The van der Waals surface area contributed by atoms with Gasteiger partial charge in [0.25, 0.3) is 0 Å². The van der Waals surface area contributed by atoms with Crippen molar-refractivity contribution >= 4 is 0 Å². The average Bonchev–Trinajstić information content (AvgIpc) is 2.30. The number of hydrogen-bond donors (Lipinski definition) is 1. The first kappa shape index (κ1) is 11.7. The quantitative estimate of drug-likeness (QED) is 0.880. The van der Waals surface area contributed by atoms with E-state index in [1.807, 2.05) is 20.0 Å². The molecule has 2 rings (SSSR count). The van der Waals surface area contributed by atoms with Gasteiger partial charge in [0.2, 0.25) is 0 Å². The molecule has 1 unspecified atom stereocenters. The molecule has 88 valence electrons. The number of nitrogens with one attached hydrogen (secondary N) is 1. The molecule has 2 aromatic rings. The summed E-state index contributed by atoms with van der Waals surface area (Å²) in [5, 5.41) is 3.12. The maximum atomic E-state index is 13.4. The zero-order valence-electron chi connectivity index (χ0n) is 9.81. The second kappa shape index (κ2) is 5.01. The summed E-state index contributed by atoms with van der Waals surface area (Å²) in [5.41, 5.74) is 2.52. The normalized spacial score (nSPS) is 12.4. The number of hydrogen-bond acceptors (Lipinski definition) is 3. The highest BCUT2D eigenvalue weighted by Crippen LogP contribution is 2.21. The Hall–Kier alpha value is -1.81. The minimum atomic E-state index is -0.232. The van der Waals surface area contributed by atoms with Crippen molar-refractivity contribution in [1.82, 2.24) is 15.3 Å². The molecule has 0 aliphatic heterocycles. The third kappa shape index (κ3) is 2.65. The third-order valence-electron chi connectivity index (χ3n) is 2.57. The van der Waals surface area contributed by atoms with E-state index in [0.29, 0.717) is 0 Å². The molecule has 1 heterocycles. The van der Waals surface area contributed by atoms with Gasteiger partial charge < -0.3 is 5.32 Å². The van der Waals surface area contributed by atoms with Gasteiger partial charge in [0, 0.05) is 12.4 Å². The molecular formula is C13H14FN3. The molecule has 0 amide bonds. The zero-order chi connectivity index (χ0) is 12.3. The van der Waals surface area contributed by atoms with Gasteiger partial charge in [-0.3, -0.25) is 9.97 Å². The SMILES string of the molecule is CNC(c1cc(C)cc(F)c1)c1cnccn1. The number of halogens is 1. The van der Waals surface area contributed by atoms with Crippen LogP contribution in [0.15, 0.2) is 36.8 Å². The summed E-state index contributed by atoms with van der Waals surface area (Å²) in [5.74, 6) is -0.232. The lowest BCUT2D eigenvalue weighted by molar-refractivity contribution is 0.611. The first-order valence-electron chi connectivity index (χ1n) is 5.41. The predicted octanol–water partition coefficient (Wildman–Crippen LogP) is 2.23. The van der Waals surface area contributed by atoms with Gasteiger partial charge in [-0.2, -0.15) is 0 Å². The van der Waals surface area contributed by atoms with Crippen LogP contribution in [-0.4, -0.2) is 17.0 Å². The Labute approximate surface area is 99.7 Å². The van der Waals surface area contributed by atoms with E-state index in [2.05, 4.69) is 15.3 Å². The van der Waals surface area contributed by atoms with Crippen molar-refractivity contribution in [2.45, 2.75) is 13.0 Å². The predicted molar refractivity (Wildman–Crippen MR) is 64.1 cm³/mol. The Bertz CT molecular complexity index is 479. The Kier molecular flexibility index (Phi) is 3.44. The van der Waals surface area contributed by atoms with Crippen molar-refractivity contribution in [3.05, 3.63) is 59.4 Å². The lowest BCUT2D eigenvalue weighted by atomic mass is 10.0. The molecule has 3 nitrogen and oxygen atoms in total. The summed E-state index contributed by atoms with van der Waals surface area (Å²) in [6, 6.07) is 4.83. The summed E-state index contributed by atoms with van der Waals surface area (Å²) in [4.78, 5) is 8.27. The van der Waals surface area contributed by atoms with Crippen molar-refractivity contribution < 1.29 is 4.39 Å². The van der Waals surface area contributed by atoms with Crippen LogP contribution in [0.3, 0.4) is 0 Å². The molecule has 1 N–H and O–H groups in total. The van der Waals surface area contributed by atoms with E-state index in [0.717, 1.165) is 16.8 Å². The van der Waals surface area contributed by atoms with Gasteiger partial charge in [-0.15, -0.1) is 0 Å². The average molecular weight is 231 g/mol. The monoisotopic (exact) mass is 231 g/mol. The standard InChI is InChI=1S/C13H14FN3/c1-9-5-10(7-11(14)6-9)13(15-2)12-8-16-3-4-17-12/h3-8,13,15H,1-2H3. The number of benzene rings is 1. The molecule has 0 fully saturated rings. The molecule has 0 aliphatic carbocycles. The molecule has 0 radical (unpaired) electrons. The van der Waals surface area contributed by atoms with Crippen LogP contribution in [0.1, 0.15) is 22.9 Å². The summed E-state index contributed by atoms with van der Waals surface area (Å²) >= 11 is 0. The molecule has 1 atom stereocenters. The summed E-state index contributed by atoms with van der Waals surface area (Å²) < 4.78 is 13.4. The largest absolute Gasteiger partial charge is 0.308 e. The summed E-state index contributed by atoms with van der Waals surface area (Å²) in [6.45, 7) is 1.87. The van der Waals surface area contributed by atoms with Gasteiger partial charge in [-0.05, 0) is 37.2 Å². The van der Waals surface area contributed by atoms with Gasteiger partial charge in [0.15, 0.2) is 0 Å². The van der Waals surface area contributed by atoms with Crippen molar-refractivity contribution in [2.24, 2.45) is 0 Å². The van der Waals surface area contributed by atoms with Crippen molar-refractivity contribution in [3.8, 4) is 0 Å². The van der Waals surface area contributed by atoms with Crippen molar-refractivity contribution in [1.29, 1.82) is 0 Å². The van der Waals surface area contributed by atoms with Crippen LogP contribution in [0.2, 0.25) is 0 Å². The molecule has 0 saturated heterocycles. The molecule has 0 saturated carbocycles. The number of nitrogens with zero attached hydrogens (tertiary/aromatic N) is 2.